The molecule has 2 aromatic carbocycles. The second-order valence-electron chi connectivity index (χ2n) is 3.68. The summed E-state index contributed by atoms with van der Waals surface area (Å²) in [5, 5.41) is 0.00398. The van der Waals surface area contributed by atoms with Crippen molar-refractivity contribution in [3.8, 4) is 11.1 Å². The molecule has 1 atom stereocenters. The Balaban J connectivity index is 2.34. The van der Waals surface area contributed by atoms with Crippen molar-refractivity contribution in [3.63, 3.8) is 0 Å². The van der Waals surface area contributed by atoms with Gasteiger partial charge in [-0.1, -0.05) is 46.3 Å². The third kappa shape index (κ3) is 1.34. The SMILES string of the molecule is ClC1c2ccccc2-c2cc(Br)ccc21. The van der Waals surface area contributed by atoms with E-state index in [4.69, 9.17) is 11.6 Å². The molecule has 0 radical (unpaired) electrons. The van der Waals surface area contributed by atoms with Crippen LogP contribution in [-0.2, 0) is 0 Å². The highest BCUT2D eigenvalue weighted by Gasteiger charge is 2.26. The quantitative estimate of drug-likeness (QED) is 0.610. The Labute approximate surface area is 102 Å². The number of hydrogen-bond donors (Lipinski definition) is 0. The highest BCUT2D eigenvalue weighted by atomic mass is 79.9. The fourth-order valence-electron chi connectivity index (χ4n) is 2.11. The van der Waals surface area contributed by atoms with Crippen molar-refractivity contribution in [1.82, 2.24) is 0 Å². The normalized spacial score (nSPS) is 17.3. The fourth-order valence-corrected chi connectivity index (χ4v) is 2.86. The molecule has 0 saturated heterocycles. The molecule has 2 aromatic rings. The summed E-state index contributed by atoms with van der Waals surface area (Å²) in [4.78, 5) is 0. The number of rotatable bonds is 0. The Kier molecular flexibility index (Phi) is 2.11. The molecule has 0 fully saturated rings. The van der Waals surface area contributed by atoms with Crippen molar-refractivity contribution in [2.24, 2.45) is 0 Å². The molecular weight excluding hydrogens is 272 g/mol. The molecule has 0 aliphatic heterocycles. The van der Waals surface area contributed by atoms with Crippen LogP contribution in [0.2, 0.25) is 0 Å². The highest BCUT2D eigenvalue weighted by Crippen LogP contribution is 2.47. The molecule has 3 rings (SSSR count). The van der Waals surface area contributed by atoms with Gasteiger partial charge in [0.15, 0.2) is 0 Å². The first kappa shape index (κ1) is 9.44. The van der Waals surface area contributed by atoms with Gasteiger partial charge in [-0.2, -0.15) is 0 Å². The third-order valence-corrected chi connectivity index (χ3v) is 3.78. The molecule has 1 aliphatic rings. The average Bonchev–Trinajstić information content (AvgIpc) is 2.54. The fraction of sp³-hybridized carbons (Fsp3) is 0.0769. The molecule has 0 bridgehead atoms. The van der Waals surface area contributed by atoms with Crippen LogP contribution in [0.15, 0.2) is 46.9 Å². The second kappa shape index (κ2) is 3.36. The lowest BCUT2D eigenvalue weighted by Gasteiger charge is -2.02. The lowest BCUT2D eigenvalue weighted by molar-refractivity contribution is 1.20. The van der Waals surface area contributed by atoms with Crippen LogP contribution in [0, 0.1) is 0 Å². The first-order chi connectivity index (χ1) is 7.27. The summed E-state index contributed by atoms with van der Waals surface area (Å²) < 4.78 is 1.10. The molecule has 1 aliphatic carbocycles. The minimum Gasteiger partial charge on any atom is -0.113 e. The summed E-state index contributed by atoms with van der Waals surface area (Å²) in [7, 11) is 0. The molecule has 0 N–H and O–H groups in total. The second-order valence-corrected chi connectivity index (χ2v) is 5.03. The van der Waals surface area contributed by atoms with E-state index in [9.17, 15) is 0 Å². The van der Waals surface area contributed by atoms with Crippen LogP contribution < -0.4 is 0 Å². The highest BCUT2D eigenvalue weighted by molar-refractivity contribution is 9.10. The summed E-state index contributed by atoms with van der Waals surface area (Å²) in [6, 6.07) is 14.6. The Bertz CT molecular complexity index is 534. The van der Waals surface area contributed by atoms with E-state index in [0.717, 1.165) is 4.47 Å². The minimum atomic E-state index is 0.00398. The van der Waals surface area contributed by atoms with Crippen LogP contribution in [0.4, 0.5) is 0 Å². The van der Waals surface area contributed by atoms with Gasteiger partial charge in [0.05, 0.1) is 5.38 Å². The van der Waals surface area contributed by atoms with Crippen LogP contribution in [0.25, 0.3) is 11.1 Å². The van der Waals surface area contributed by atoms with E-state index in [1.165, 1.54) is 22.3 Å². The molecule has 74 valence electrons. The summed E-state index contributed by atoms with van der Waals surface area (Å²) in [5.74, 6) is 0. The maximum Gasteiger partial charge on any atom is 0.0847 e. The number of halogens is 2. The summed E-state index contributed by atoms with van der Waals surface area (Å²) in [6.07, 6.45) is 0. The van der Waals surface area contributed by atoms with Gasteiger partial charge in [-0.25, -0.2) is 0 Å². The number of hydrogen-bond acceptors (Lipinski definition) is 0. The van der Waals surface area contributed by atoms with Gasteiger partial charge < -0.3 is 0 Å². The molecular formula is C13H8BrCl. The van der Waals surface area contributed by atoms with Gasteiger partial charge in [-0.05, 0) is 34.4 Å². The standard InChI is InChI=1S/C13H8BrCl/c14-8-5-6-11-12(7-8)9-3-1-2-4-10(9)13(11)15/h1-7,13H. The van der Waals surface area contributed by atoms with Crippen LogP contribution in [0.1, 0.15) is 16.5 Å². The topological polar surface area (TPSA) is 0 Å². The van der Waals surface area contributed by atoms with Gasteiger partial charge in [0.25, 0.3) is 0 Å². The summed E-state index contributed by atoms with van der Waals surface area (Å²) >= 11 is 9.90. The van der Waals surface area contributed by atoms with Crippen molar-refractivity contribution in [3.05, 3.63) is 58.1 Å². The van der Waals surface area contributed by atoms with Crippen LogP contribution in [0.3, 0.4) is 0 Å². The molecule has 0 saturated carbocycles. The first-order valence-electron chi connectivity index (χ1n) is 4.80. The van der Waals surface area contributed by atoms with Gasteiger partial charge in [-0.3, -0.25) is 0 Å². The van der Waals surface area contributed by atoms with E-state index in [-0.39, 0.29) is 5.38 Å². The molecule has 0 heterocycles. The molecule has 0 amide bonds. The van der Waals surface area contributed by atoms with E-state index in [0.29, 0.717) is 0 Å². The zero-order chi connectivity index (χ0) is 10.4. The summed E-state index contributed by atoms with van der Waals surface area (Å²) in [6.45, 7) is 0. The Morgan fingerprint density at radius 1 is 0.933 bits per heavy atom. The monoisotopic (exact) mass is 278 g/mol. The third-order valence-electron chi connectivity index (χ3n) is 2.81. The van der Waals surface area contributed by atoms with E-state index >= 15 is 0 Å². The van der Waals surface area contributed by atoms with Crippen LogP contribution >= 0.6 is 27.5 Å². The molecule has 0 spiro atoms. The number of fused-ring (bicyclic) bond motifs is 3. The molecule has 1 unspecified atom stereocenters. The molecule has 0 nitrogen and oxygen atoms in total. The minimum absolute atomic E-state index is 0.00398. The molecule has 0 aromatic heterocycles. The smallest absolute Gasteiger partial charge is 0.0847 e. The molecule has 2 heteroatoms. The Morgan fingerprint density at radius 2 is 1.67 bits per heavy atom. The zero-order valence-electron chi connectivity index (χ0n) is 7.87. The van der Waals surface area contributed by atoms with Crippen LogP contribution in [-0.4, -0.2) is 0 Å². The van der Waals surface area contributed by atoms with E-state index in [1.54, 1.807) is 0 Å². The predicted octanol–water partition coefficient (Wildman–Crippen LogP) is 4.76. The lowest BCUT2D eigenvalue weighted by atomic mass is 10.1. The summed E-state index contributed by atoms with van der Waals surface area (Å²) in [5.41, 5.74) is 4.93. The van der Waals surface area contributed by atoms with E-state index < -0.39 is 0 Å². The maximum absolute atomic E-state index is 6.41. The lowest BCUT2D eigenvalue weighted by Crippen LogP contribution is -1.84. The maximum atomic E-state index is 6.41. The van der Waals surface area contributed by atoms with Crippen molar-refractivity contribution >= 4 is 27.5 Å². The van der Waals surface area contributed by atoms with Crippen LogP contribution in [0.5, 0.6) is 0 Å². The number of alkyl halides is 1. The Morgan fingerprint density at radius 3 is 2.53 bits per heavy atom. The van der Waals surface area contributed by atoms with Gasteiger partial charge in [0.1, 0.15) is 0 Å². The van der Waals surface area contributed by atoms with Crippen molar-refractivity contribution in [2.75, 3.05) is 0 Å². The van der Waals surface area contributed by atoms with E-state index in [1.807, 2.05) is 12.1 Å². The van der Waals surface area contributed by atoms with Gasteiger partial charge in [0, 0.05) is 4.47 Å². The van der Waals surface area contributed by atoms with Crippen molar-refractivity contribution in [1.29, 1.82) is 0 Å². The van der Waals surface area contributed by atoms with Gasteiger partial charge in [0.2, 0.25) is 0 Å². The van der Waals surface area contributed by atoms with E-state index in [2.05, 4.69) is 46.3 Å². The van der Waals surface area contributed by atoms with Crippen molar-refractivity contribution < 1.29 is 0 Å². The van der Waals surface area contributed by atoms with Gasteiger partial charge in [-0.15, -0.1) is 11.6 Å². The molecule has 15 heavy (non-hydrogen) atoms. The average molecular weight is 280 g/mol. The Hall–Kier alpha value is -0.790. The number of benzene rings is 2. The largest absolute Gasteiger partial charge is 0.113 e. The van der Waals surface area contributed by atoms with Crippen molar-refractivity contribution in [2.45, 2.75) is 5.38 Å². The first-order valence-corrected chi connectivity index (χ1v) is 6.03. The zero-order valence-corrected chi connectivity index (χ0v) is 10.2. The van der Waals surface area contributed by atoms with Gasteiger partial charge >= 0.3 is 0 Å². The predicted molar refractivity (Wildman–Crippen MR) is 67.3 cm³/mol.